The van der Waals surface area contributed by atoms with Gasteiger partial charge in [0.15, 0.2) is 0 Å². The minimum atomic E-state index is -0.713. The minimum absolute atomic E-state index is 0.162. The van der Waals surface area contributed by atoms with Crippen molar-refractivity contribution in [3.63, 3.8) is 0 Å². The number of halogens is 1. The molecule has 0 saturated heterocycles. The molecule has 0 radical (unpaired) electrons. The van der Waals surface area contributed by atoms with E-state index >= 15 is 0 Å². The molecule has 3 atom stereocenters. The van der Waals surface area contributed by atoms with Crippen LogP contribution in [0.25, 0.3) is 0 Å². The Kier molecular flexibility index (Phi) is 9.58. The van der Waals surface area contributed by atoms with E-state index in [9.17, 15) is 10.2 Å². The van der Waals surface area contributed by atoms with Crippen molar-refractivity contribution in [2.45, 2.75) is 51.9 Å². The van der Waals surface area contributed by atoms with Gasteiger partial charge in [-0.05, 0) is 75.1 Å². The molecule has 0 saturated carbocycles. The van der Waals surface area contributed by atoms with Crippen LogP contribution in [-0.4, -0.2) is 29.0 Å². The number of rotatable bonds is 8. The Morgan fingerprint density at radius 2 is 1.76 bits per heavy atom. The molecule has 5 heteroatoms. The predicted molar refractivity (Wildman–Crippen MR) is 143 cm³/mol. The highest BCUT2D eigenvalue weighted by Gasteiger charge is 2.33. The number of nitrogens with one attached hydrogen (secondary N) is 1. The second-order valence-corrected chi connectivity index (χ2v) is 9.11. The topological polar surface area (TPSA) is 55.7 Å². The van der Waals surface area contributed by atoms with Crippen LogP contribution in [0.15, 0.2) is 90.6 Å². The van der Waals surface area contributed by atoms with Gasteiger partial charge in [-0.3, -0.25) is 5.32 Å². The van der Waals surface area contributed by atoms with Crippen LogP contribution in [0, 0.1) is 0 Å². The molecule has 2 aromatic rings. The molecule has 2 aromatic carbocycles. The van der Waals surface area contributed by atoms with E-state index in [2.05, 4.69) is 48.7 Å². The number of allylic oxidation sites excluding steroid dienone is 7. The van der Waals surface area contributed by atoms with Crippen molar-refractivity contribution in [1.29, 1.82) is 0 Å². The summed E-state index contributed by atoms with van der Waals surface area (Å²) >= 11 is 6.40. The predicted octanol–water partition coefficient (Wildman–Crippen LogP) is 6.67. The molecule has 3 N–H and O–H groups in total. The maximum atomic E-state index is 11.2. The van der Waals surface area contributed by atoms with E-state index < -0.39 is 6.23 Å². The average molecular weight is 479 g/mol. The number of nitrogens with zero attached hydrogens (tertiary/aromatic N) is 1. The monoisotopic (exact) mass is 478 g/mol. The maximum absolute atomic E-state index is 11.2. The van der Waals surface area contributed by atoms with Crippen LogP contribution < -0.4 is 10.2 Å². The number of hydrogen-bond acceptors (Lipinski definition) is 4. The number of aliphatic hydroxyl groups is 1. The molecule has 0 fully saturated rings. The fourth-order valence-electron chi connectivity index (χ4n) is 4.12. The highest BCUT2D eigenvalue weighted by molar-refractivity contribution is 6.30. The van der Waals surface area contributed by atoms with Crippen molar-refractivity contribution in [1.82, 2.24) is 5.32 Å². The van der Waals surface area contributed by atoms with Crippen LogP contribution in [0.5, 0.6) is 5.75 Å². The summed E-state index contributed by atoms with van der Waals surface area (Å²) in [5.41, 5.74) is 4.13. The highest BCUT2D eigenvalue weighted by atomic mass is 35.5. The first-order chi connectivity index (χ1) is 16.4. The van der Waals surface area contributed by atoms with Crippen molar-refractivity contribution >= 4 is 17.3 Å². The normalized spacial score (nSPS) is 21.5. The largest absolute Gasteiger partial charge is 0.508 e. The number of phenolic OH excluding ortho intramolecular Hbond substituents is 1. The fraction of sp³-hybridized carbons (Fsp3) is 0.310. The maximum Gasteiger partial charge on any atom is 0.142 e. The number of aromatic hydroxyl groups is 1. The number of aliphatic hydroxyl groups excluding tert-OH is 1. The molecule has 1 aliphatic rings. The van der Waals surface area contributed by atoms with Gasteiger partial charge >= 0.3 is 0 Å². The van der Waals surface area contributed by atoms with E-state index in [1.807, 2.05) is 55.2 Å². The van der Waals surface area contributed by atoms with Crippen LogP contribution in [0.1, 0.15) is 50.8 Å². The van der Waals surface area contributed by atoms with Gasteiger partial charge in [0.2, 0.25) is 0 Å². The van der Waals surface area contributed by atoms with Crippen molar-refractivity contribution in [2.75, 3.05) is 11.4 Å². The Morgan fingerprint density at radius 3 is 2.47 bits per heavy atom. The molecule has 0 bridgehead atoms. The first kappa shape index (κ1) is 25.8. The van der Waals surface area contributed by atoms with Crippen molar-refractivity contribution in [2.24, 2.45) is 0 Å². The molecule has 34 heavy (non-hydrogen) atoms. The van der Waals surface area contributed by atoms with E-state index in [1.165, 1.54) is 5.57 Å². The molecular formula is C29H35ClN2O2. The third-order valence-corrected chi connectivity index (χ3v) is 6.18. The summed E-state index contributed by atoms with van der Waals surface area (Å²) in [4.78, 5) is 2.04. The second kappa shape index (κ2) is 12.6. The third kappa shape index (κ3) is 6.86. The highest BCUT2D eigenvalue weighted by Crippen LogP contribution is 2.37. The summed E-state index contributed by atoms with van der Waals surface area (Å²) in [6, 6.07) is 12.6. The van der Waals surface area contributed by atoms with Gasteiger partial charge < -0.3 is 15.1 Å². The Balaban J connectivity index is 1.83. The lowest BCUT2D eigenvalue weighted by molar-refractivity contribution is 0.131. The summed E-state index contributed by atoms with van der Waals surface area (Å²) in [5, 5.41) is 25.2. The van der Waals surface area contributed by atoms with E-state index in [4.69, 9.17) is 11.6 Å². The van der Waals surface area contributed by atoms with Crippen molar-refractivity contribution in [3.8, 4) is 5.75 Å². The Morgan fingerprint density at radius 1 is 1.06 bits per heavy atom. The van der Waals surface area contributed by atoms with Gasteiger partial charge in [-0.2, -0.15) is 0 Å². The Labute approximate surface area is 208 Å². The molecule has 0 aromatic heterocycles. The van der Waals surface area contributed by atoms with Gasteiger partial charge in [0.1, 0.15) is 12.0 Å². The summed E-state index contributed by atoms with van der Waals surface area (Å²) < 4.78 is 0. The number of fused-ring (bicyclic) bond motifs is 1. The first-order valence-electron chi connectivity index (χ1n) is 11.8. The van der Waals surface area contributed by atoms with Crippen LogP contribution in [0.3, 0.4) is 0 Å². The van der Waals surface area contributed by atoms with Gasteiger partial charge in [-0.1, -0.05) is 71.8 Å². The average Bonchev–Trinajstić information content (AvgIpc) is 2.91. The molecule has 3 unspecified atom stereocenters. The Bertz CT molecular complexity index is 1060. The lowest BCUT2D eigenvalue weighted by Gasteiger charge is -2.32. The van der Waals surface area contributed by atoms with Gasteiger partial charge in [0.05, 0.1) is 6.04 Å². The van der Waals surface area contributed by atoms with Crippen molar-refractivity contribution < 1.29 is 10.2 Å². The molecule has 180 valence electrons. The van der Waals surface area contributed by atoms with Crippen LogP contribution in [-0.2, 0) is 0 Å². The second-order valence-electron chi connectivity index (χ2n) is 8.67. The lowest BCUT2D eigenvalue weighted by Crippen LogP contribution is -2.48. The number of hydrogen-bond donors (Lipinski definition) is 3. The minimum Gasteiger partial charge on any atom is -0.508 e. The number of benzene rings is 2. The number of anilines is 1. The van der Waals surface area contributed by atoms with E-state index in [-0.39, 0.29) is 17.8 Å². The summed E-state index contributed by atoms with van der Waals surface area (Å²) in [5.74, 6) is 0.224. The molecule has 0 spiro atoms. The molecule has 1 aliphatic heterocycles. The fourth-order valence-corrected chi connectivity index (χ4v) is 4.30. The van der Waals surface area contributed by atoms with Crippen LogP contribution >= 0.6 is 11.6 Å². The summed E-state index contributed by atoms with van der Waals surface area (Å²) in [6.07, 6.45) is 15.8. The number of phenols is 1. The van der Waals surface area contributed by atoms with Gasteiger partial charge in [0, 0.05) is 23.3 Å². The smallest absolute Gasteiger partial charge is 0.142 e. The molecule has 4 nitrogen and oxygen atoms in total. The van der Waals surface area contributed by atoms with Gasteiger partial charge in [-0.15, -0.1) is 0 Å². The molecule has 0 aliphatic carbocycles. The summed E-state index contributed by atoms with van der Waals surface area (Å²) in [6.45, 7) is 6.71. The summed E-state index contributed by atoms with van der Waals surface area (Å²) in [7, 11) is 0. The van der Waals surface area contributed by atoms with Gasteiger partial charge in [-0.25, -0.2) is 0 Å². The first-order valence-corrected chi connectivity index (χ1v) is 12.2. The van der Waals surface area contributed by atoms with E-state index in [0.29, 0.717) is 11.6 Å². The zero-order valence-electron chi connectivity index (χ0n) is 20.2. The molecular weight excluding hydrogens is 444 g/mol. The lowest BCUT2D eigenvalue weighted by atomic mass is 9.96. The zero-order chi connectivity index (χ0) is 24.5. The molecule has 3 rings (SSSR count). The molecule has 0 amide bonds. The van der Waals surface area contributed by atoms with E-state index in [0.717, 1.165) is 29.7 Å². The van der Waals surface area contributed by atoms with Crippen LogP contribution in [0.2, 0.25) is 5.02 Å². The zero-order valence-corrected chi connectivity index (χ0v) is 20.9. The van der Waals surface area contributed by atoms with Crippen molar-refractivity contribution in [3.05, 3.63) is 107 Å². The molecule has 1 heterocycles. The Hall–Kier alpha value is -2.79. The SMILES string of the molecule is C/C=C\C/C=C\C=C/C/C=C(\C)CN1c2ccc(Cl)cc2C(c2ccc(O)cc2)NC(C)C1O. The van der Waals surface area contributed by atoms with E-state index in [1.54, 1.807) is 12.1 Å². The third-order valence-electron chi connectivity index (χ3n) is 5.95. The quantitative estimate of drug-likeness (QED) is 0.293. The standard InChI is InChI=1S/C29H35ClN2O2/c1-4-5-6-7-8-9-10-11-12-21(2)20-32-27-18-15-24(30)19-26(27)28(31-22(3)29(32)34)23-13-16-25(33)17-14-23/h4-5,7-10,12-19,22,28-29,31,33-34H,6,11,20H2,1-3H3/b5-4-,8-7-,10-9-,21-12+. The van der Waals surface area contributed by atoms with Crippen LogP contribution in [0.4, 0.5) is 5.69 Å². The van der Waals surface area contributed by atoms with Gasteiger partial charge in [0.25, 0.3) is 0 Å².